The summed E-state index contributed by atoms with van der Waals surface area (Å²) in [4.78, 5) is 27.6. The van der Waals surface area contributed by atoms with Crippen molar-refractivity contribution in [3.05, 3.63) is 46.5 Å². The van der Waals surface area contributed by atoms with Crippen molar-refractivity contribution in [1.29, 1.82) is 0 Å². The molecule has 0 atom stereocenters. The summed E-state index contributed by atoms with van der Waals surface area (Å²) in [5.41, 5.74) is 12.4. The maximum Gasteiger partial charge on any atom is 0.294 e. The van der Waals surface area contributed by atoms with E-state index in [1.807, 2.05) is 18.2 Å². The normalized spacial score (nSPS) is 11.3. The molecular formula is C15H12N6O2S. The van der Waals surface area contributed by atoms with Crippen molar-refractivity contribution >= 4 is 45.5 Å². The second kappa shape index (κ2) is 5.53. The van der Waals surface area contributed by atoms with E-state index in [0.29, 0.717) is 39.5 Å². The number of aromatic nitrogens is 4. The fourth-order valence-electron chi connectivity index (χ4n) is 2.38. The van der Waals surface area contributed by atoms with Crippen LogP contribution in [-0.2, 0) is 5.75 Å². The molecule has 0 spiro atoms. The van der Waals surface area contributed by atoms with E-state index >= 15 is 0 Å². The van der Waals surface area contributed by atoms with Gasteiger partial charge in [0.25, 0.3) is 5.56 Å². The van der Waals surface area contributed by atoms with Crippen molar-refractivity contribution in [3.8, 4) is 0 Å². The summed E-state index contributed by atoms with van der Waals surface area (Å²) in [6.45, 7) is 0. The summed E-state index contributed by atoms with van der Waals surface area (Å²) in [5.74, 6) is 1.45. The highest BCUT2D eigenvalue weighted by molar-refractivity contribution is 7.98. The van der Waals surface area contributed by atoms with Crippen LogP contribution in [0.1, 0.15) is 5.82 Å². The van der Waals surface area contributed by atoms with E-state index in [1.165, 1.54) is 17.8 Å². The highest BCUT2D eigenvalue weighted by atomic mass is 32.2. The van der Waals surface area contributed by atoms with Gasteiger partial charge in [-0.2, -0.15) is 0 Å². The lowest BCUT2D eigenvalue weighted by atomic mass is 10.2. The third-order valence-electron chi connectivity index (χ3n) is 3.36. The van der Waals surface area contributed by atoms with Crippen molar-refractivity contribution in [1.82, 2.24) is 19.9 Å². The SMILES string of the molecule is Nc1cc(N)nc(SCc2nc3c(oc4ccccc43)c(=O)[nH]2)n1. The zero-order valence-electron chi connectivity index (χ0n) is 12.3. The van der Waals surface area contributed by atoms with Crippen LogP contribution in [0, 0.1) is 0 Å². The molecule has 1 aromatic carbocycles. The van der Waals surface area contributed by atoms with Gasteiger partial charge in [-0.25, -0.2) is 15.0 Å². The summed E-state index contributed by atoms with van der Waals surface area (Å²) in [7, 11) is 0. The smallest absolute Gasteiger partial charge is 0.294 e. The second-order valence-corrected chi connectivity index (χ2v) is 6.02. The minimum absolute atomic E-state index is 0.217. The first-order chi connectivity index (χ1) is 11.6. The van der Waals surface area contributed by atoms with E-state index in [0.717, 1.165) is 5.39 Å². The van der Waals surface area contributed by atoms with Gasteiger partial charge in [0.05, 0.1) is 5.75 Å². The molecule has 0 unspecified atom stereocenters. The number of aromatic amines is 1. The van der Waals surface area contributed by atoms with Crippen LogP contribution in [0.2, 0.25) is 0 Å². The molecule has 3 heterocycles. The first-order valence-corrected chi connectivity index (χ1v) is 8.02. The molecule has 8 nitrogen and oxygen atoms in total. The Bertz CT molecular complexity index is 1100. The quantitative estimate of drug-likeness (QED) is 0.380. The van der Waals surface area contributed by atoms with Crippen molar-refractivity contribution in [2.45, 2.75) is 10.9 Å². The van der Waals surface area contributed by atoms with Crippen molar-refractivity contribution in [2.75, 3.05) is 11.5 Å². The lowest BCUT2D eigenvalue weighted by Crippen LogP contribution is -2.10. The number of furan rings is 1. The number of rotatable bonds is 3. The van der Waals surface area contributed by atoms with Crippen LogP contribution in [0.4, 0.5) is 11.6 Å². The predicted molar refractivity (Wildman–Crippen MR) is 92.6 cm³/mol. The third kappa shape index (κ3) is 2.54. The molecular weight excluding hydrogens is 328 g/mol. The predicted octanol–water partition coefficient (Wildman–Crippen LogP) is 1.92. The van der Waals surface area contributed by atoms with Crippen LogP contribution in [0.25, 0.3) is 22.1 Å². The number of thioether (sulfide) groups is 1. The minimum Gasteiger partial charge on any atom is -0.449 e. The molecule has 24 heavy (non-hydrogen) atoms. The summed E-state index contributed by atoms with van der Waals surface area (Å²) in [6.07, 6.45) is 0. The van der Waals surface area contributed by atoms with Crippen LogP contribution < -0.4 is 17.0 Å². The lowest BCUT2D eigenvalue weighted by Gasteiger charge is -2.02. The monoisotopic (exact) mass is 340 g/mol. The fourth-order valence-corrected chi connectivity index (χ4v) is 3.12. The Balaban J connectivity index is 1.72. The Morgan fingerprint density at radius 2 is 1.88 bits per heavy atom. The first kappa shape index (κ1) is 14.5. The van der Waals surface area contributed by atoms with Gasteiger partial charge in [0, 0.05) is 11.5 Å². The molecule has 0 radical (unpaired) electrons. The Morgan fingerprint density at radius 3 is 2.67 bits per heavy atom. The maximum absolute atomic E-state index is 12.2. The molecule has 0 bridgehead atoms. The molecule has 0 fully saturated rings. The molecule has 4 rings (SSSR count). The zero-order chi connectivity index (χ0) is 16.7. The van der Waals surface area contributed by atoms with E-state index in [9.17, 15) is 4.79 Å². The van der Waals surface area contributed by atoms with Gasteiger partial charge in [0.1, 0.15) is 28.6 Å². The van der Waals surface area contributed by atoms with Crippen molar-refractivity contribution < 1.29 is 4.42 Å². The minimum atomic E-state index is -0.320. The van der Waals surface area contributed by atoms with E-state index < -0.39 is 0 Å². The standard InChI is InChI=1S/C15H12N6O2S/c16-9-5-10(17)19-15(18-9)24-6-11-20-12-7-3-1-2-4-8(7)23-13(12)14(22)21-11/h1-5H,6H2,(H,20,21,22)(H4,16,17,18,19). The van der Waals surface area contributed by atoms with Gasteiger partial charge in [-0.15, -0.1) is 0 Å². The van der Waals surface area contributed by atoms with E-state index in [4.69, 9.17) is 15.9 Å². The Hall–Kier alpha value is -3.07. The van der Waals surface area contributed by atoms with Gasteiger partial charge in [-0.05, 0) is 12.1 Å². The number of nitrogens with two attached hydrogens (primary N) is 2. The molecule has 0 aliphatic heterocycles. The van der Waals surface area contributed by atoms with Gasteiger partial charge in [-0.3, -0.25) is 4.79 Å². The first-order valence-electron chi connectivity index (χ1n) is 7.03. The molecule has 0 aliphatic carbocycles. The molecule has 0 saturated heterocycles. The molecule has 0 amide bonds. The third-order valence-corrected chi connectivity index (χ3v) is 4.22. The number of fused-ring (bicyclic) bond motifs is 3. The van der Waals surface area contributed by atoms with Crippen LogP contribution in [0.5, 0.6) is 0 Å². The van der Waals surface area contributed by atoms with Gasteiger partial charge < -0.3 is 20.9 Å². The van der Waals surface area contributed by atoms with Gasteiger partial charge in [0.2, 0.25) is 5.58 Å². The number of hydrogen-bond acceptors (Lipinski definition) is 8. The van der Waals surface area contributed by atoms with Crippen LogP contribution in [0.3, 0.4) is 0 Å². The number of benzene rings is 1. The van der Waals surface area contributed by atoms with Crippen LogP contribution in [-0.4, -0.2) is 19.9 Å². The summed E-state index contributed by atoms with van der Waals surface area (Å²) >= 11 is 1.28. The number of H-pyrrole nitrogens is 1. The number of nitrogens with one attached hydrogen (secondary N) is 1. The van der Waals surface area contributed by atoms with Crippen LogP contribution in [0.15, 0.2) is 44.7 Å². The zero-order valence-corrected chi connectivity index (χ0v) is 13.1. The highest BCUT2D eigenvalue weighted by Gasteiger charge is 2.13. The average Bonchev–Trinajstić information content (AvgIpc) is 2.92. The molecule has 5 N–H and O–H groups in total. The van der Waals surface area contributed by atoms with E-state index in [1.54, 1.807) is 6.07 Å². The summed E-state index contributed by atoms with van der Waals surface area (Å²) < 4.78 is 5.56. The fraction of sp³-hybridized carbons (Fsp3) is 0.0667. The number of para-hydroxylation sites is 1. The topological polar surface area (TPSA) is 137 Å². The molecule has 4 aromatic rings. The number of nitrogens with zero attached hydrogens (tertiary/aromatic N) is 3. The molecule has 9 heteroatoms. The Morgan fingerprint density at radius 1 is 1.12 bits per heavy atom. The van der Waals surface area contributed by atoms with E-state index in [-0.39, 0.29) is 11.1 Å². The number of anilines is 2. The highest BCUT2D eigenvalue weighted by Crippen LogP contribution is 2.25. The van der Waals surface area contributed by atoms with Crippen molar-refractivity contribution in [2.24, 2.45) is 0 Å². The molecule has 120 valence electrons. The van der Waals surface area contributed by atoms with Crippen LogP contribution >= 0.6 is 11.8 Å². The lowest BCUT2D eigenvalue weighted by molar-refractivity contribution is 0.660. The molecule has 0 saturated carbocycles. The van der Waals surface area contributed by atoms with Gasteiger partial charge >= 0.3 is 0 Å². The number of nitrogen functional groups attached to an aromatic ring is 2. The largest absolute Gasteiger partial charge is 0.449 e. The Labute approximate surface area is 139 Å². The van der Waals surface area contributed by atoms with E-state index in [2.05, 4.69) is 19.9 Å². The van der Waals surface area contributed by atoms with Crippen molar-refractivity contribution in [3.63, 3.8) is 0 Å². The van der Waals surface area contributed by atoms with Gasteiger partial charge in [0.15, 0.2) is 5.16 Å². The summed E-state index contributed by atoms with van der Waals surface area (Å²) in [5, 5.41) is 1.22. The Kier molecular flexibility index (Phi) is 3.35. The second-order valence-electron chi connectivity index (χ2n) is 5.08. The maximum atomic E-state index is 12.2. The number of hydrogen-bond donors (Lipinski definition) is 3. The molecule has 3 aromatic heterocycles. The average molecular weight is 340 g/mol. The molecule has 0 aliphatic rings. The van der Waals surface area contributed by atoms with Gasteiger partial charge in [-0.1, -0.05) is 23.9 Å². The summed E-state index contributed by atoms with van der Waals surface area (Å²) in [6, 6.07) is 8.86.